The first-order valence-corrected chi connectivity index (χ1v) is 7.73. The molecule has 1 heterocycles. The standard InChI is InChI=1S/C18H15NO2S/c1-11-13(12-5-3-2-4-6-12)7-8-14(16(11)19)15-9-10-22-17(15)18(20)21/h2-10H,19H2,1H3,(H,20,21). The maximum absolute atomic E-state index is 11.3. The van der Waals surface area contributed by atoms with Crippen molar-refractivity contribution >= 4 is 23.0 Å². The van der Waals surface area contributed by atoms with Crippen molar-refractivity contribution in [3.05, 3.63) is 64.4 Å². The smallest absolute Gasteiger partial charge is 0.346 e. The highest BCUT2D eigenvalue weighted by Crippen LogP contribution is 2.37. The Bertz CT molecular complexity index is 838. The predicted molar refractivity (Wildman–Crippen MR) is 91.3 cm³/mol. The van der Waals surface area contributed by atoms with Gasteiger partial charge in [0.05, 0.1) is 0 Å². The number of hydrogen-bond acceptors (Lipinski definition) is 3. The van der Waals surface area contributed by atoms with E-state index in [1.807, 2.05) is 49.4 Å². The molecular formula is C18H15NO2S. The molecule has 0 fully saturated rings. The van der Waals surface area contributed by atoms with Gasteiger partial charge in [0.2, 0.25) is 0 Å². The molecule has 3 rings (SSSR count). The molecule has 2 aromatic carbocycles. The van der Waals surface area contributed by atoms with E-state index < -0.39 is 5.97 Å². The molecule has 110 valence electrons. The number of benzene rings is 2. The molecule has 0 aliphatic carbocycles. The molecule has 22 heavy (non-hydrogen) atoms. The molecule has 0 aliphatic heterocycles. The van der Waals surface area contributed by atoms with E-state index in [1.54, 1.807) is 11.4 Å². The van der Waals surface area contributed by atoms with E-state index in [1.165, 1.54) is 11.3 Å². The van der Waals surface area contributed by atoms with Crippen LogP contribution in [0.4, 0.5) is 5.69 Å². The Labute approximate surface area is 132 Å². The minimum absolute atomic E-state index is 0.318. The number of hydrogen-bond donors (Lipinski definition) is 2. The second-order valence-corrected chi connectivity index (χ2v) is 5.95. The number of carboxylic acids is 1. The van der Waals surface area contributed by atoms with E-state index in [2.05, 4.69) is 0 Å². The van der Waals surface area contributed by atoms with E-state index in [-0.39, 0.29) is 0 Å². The predicted octanol–water partition coefficient (Wildman–Crippen LogP) is 4.67. The Morgan fingerprint density at radius 2 is 1.68 bits per heavy atom. The third-order valence-electron chi connectivity index (χ3n) is 3.75. The number of anilines is 1. The molecular weight excluding hydrogens is 294 g/mol. The molecule has 3 nitrogen and oxygen atoms in total. The molecule has 0 bridgehead atoms. The summed E-state index contributed by atoms with van der Waals surface area (Å²) in [5.74, 6) is -0.922. The zero-order valence-electron chi connectivity index (χ0n) is 12.0. The third kappa shape index (κ3) is 2.38. The number of nitrogens with two attached hydrogens (primary N) is 1. The van der Waals surface area contributed by atoms with Gasteiger partial charge in [0, 0.05) is 16.8 Å². The molecule has 0 unspecified atom stereocenters. The second kappa shape index (κ2) is 5.66. The van der Waals surface area contributed by atoms with Gasteiger partial charge in [-0.25, -0.2) is 4.79 Å². The Kier molecular flexibility index (Phi) is 3.69. The zero-order valence-corrected chi connectivity index (χ0v) is 12.9. The fraction of sp³-hybridized carbons (Fsp3) is 0.0556. The Hall–Kier alpha value is -2.59. The van der Waals surface area contributed by atoms with Crippen molar-refractivity contribution in [3.63, 3.8) is 0 Å². The number of carbonyl (C=O) groups is 1. The van der Waals surface area contributed by atoms with Crippen LogP contribution < -0.4 is 5.73 Å². The van der Waals surface area contributed by atoms with Crippen LogP contribution in [0.3, 0.4) is 0 Å². The van der Waals surface area contributed by atoms with Crippen LogP contribution in [0.25, 0.3) is 22.3 Å². The molecule has 0 atom stereocenters. The summed E-state index contributed by atoms with van der Waals surface area (Å²) in [5, 5.41) is 11.1. The van der Waals surface area contributed by atoms with E-state index in [4.69, 9.17) is 5.73 Å². The number of thiophene rings is 1. The molecule has 0 saturated carbocycles. The van der Waals surface area contributed by atoms with Gasteiger partial charge in [0.15, 0.2) is 0 Å². The molecule has 0 amide bonds. The number of carboxylic acid groups (broad SMARTS) is 1. The lowest BCUT2D eigenvalue weighted by molar-refractivity contribution is 0.0703. The summed E-state index contributed by atoms with van der Waals surface area (Å²) in [6, 6.07) is 15.7. The van der Waals surface area contributed by atoms with Gasteiger partial charge >= 0.3 is 5.97 Å². The summed E-state index contributed by atoms with van der Waals surface area (Å²) in [6.07, 6.45) is 0. The van der Waals surface area contributed by atoms with E-state index >= 15 is 0 Å². The summed E-state index contributed by atoms with van der Waals surface area (Å²) in [5.41, 5.74) is 11.5. The molecule has 3 aromatic rings. The highest BCUT2D eigenvalue weighted by Gasteiger charge is 2.17. The maximum Gasteiger partial charge on any atom is 0.346 e. The maximum atomic E-state index is 11.3. The summed E-state index contributed by atoms with van der Waals surface area (Å²) in [4.78, 5) is 11.6. The van der Waals surface area contributed by atoms with Gasteiger partial charge in [-0.15, -0.1) is 11.3 Å². The van der Waals surface area contributed by atoms with Crippen LogP contribution in [0.1, 0.15) is 15.2 Å². The van der Waals surface area contributed by atoms with E-state index in [9.17, 15) is 9.90 Å². The topological polar surface area (TPSA) is 63.3 Å². The van der Waals surface area contributed by atoms with Crippen LogP contribution in [0.5, 0.6) is 0 Å². The van der Waals surface area contributed by atoms with Gasteiger partial charge < -0.3 is 10.8 Å². The highest BCUT2D eigenvalue weighted by atomic mass is 32.1. The van der Waals surface area contributed by atoms with Crippen molar-refractivity contribution in [1.29, 1.82) is 0 Å². The highest BCUT2D eigenvalue weighted by molar-refractivity contribution is 7.12. The first-order valence-electron chi connectivity index (χ1n) is 6.85. The SMILES string of the molecule is Cc1c(-c2ccccc2)ccc(-c2ccsc2C(=O)O)c1N. The average Bonchev–Trinajstić information content (AvgIpc) is 3.00. The van der Waals surface area contributed by atoms with Crippen molar-refractivity contribution < 1.29 is 9.90 Å². The monoisotopic (exact) mass is 309 g/mol. The Morgan fingerprint density at radius 1 is 1.00 bits per heavy atom. The quantitative estimate of drug-likeness (QED) is 0.691. The lowest BCUT2D eigenvalue weighted by atomic mass is 9.94. The first-order chi connectivity index (χ1) is 10.6. The van der Waals surface area contributed by atoms with Gasteiger partial charge in [0.25, 0.3) is 0 Å². The minimum atomic E-state index is -0.922. The Balaban J connectivity index is 2.15. The molecule has 0 saturated heterocycles. The number of rotatable bonds is 3. The summed E-state index contributed by atoms with van der Waals surface area (Å²) in [7, 11) is 0. The molecule has 0 aliphatic rings. The summed E-state index contributed by atoms with van der Waals surface area (Å²) < 4.78 is 0. The molecule has 0 spiro atoms. The van der Waals surface area contributed by atoms with Crippen LogP contribution in [0, 0.1) is 6.92 Å². The fourth-order valence-corrected chi connectivity index (χ4v) is 3.33. The summed E-state index contributed by atoms with van der Waals surface area (Å²) >= 11 is 1.21. The van der Waals surface area contributed by atoms with Crippen LogP contribution >= 0.6 is 11.3 Å². The average molecular weight is 309 g/mol. The van der Waals surface area contributed by atoms with Crippen molar-refractivity contribution in [1.82, 2.24) is 0 Å². The van der Waals surface area contributed by atoms with Crippen molar-refractivity contribution in [3.8, 4) is 22.3 Å². The Morgan fingerprint density at radius 3 is 2.36 bits per heavy atom. The van der Waals surface area contributed by atoms with Crippen LogP contribution in [0.15, 0.2) is 53.9 Å². The van der Waals surface area contributed by atoms with Crippen LogP contribution in [-0.4, -0.2) is 11.1 Å². The van der Waals surface area contributed by atoms with Gasteiger partial charge in [-0.2, -0.15) is 0 Å². The van der Waals surface area contributed by atoms with E-state index in [0.29, 0.717) is 16.1 Å². The summed E-state index contributed by atoms with van der Waals surface area (Å²) in [6.45, 7) is 1.97. The first kappa shape index (κ1) is 14.4. The van der Waals surface area contributed by atoms with Crippen LogP contribution in [0.2, 0.25) is 0 Å². The largest absolute Gasteiger partial charge is 0.477 e. The van der Waals surface area contributed by atoms with Gasteiger partial charge in [-0.05, 0) is 35.1 Å². The van der Waals surface area contributed by atoms with Crippen molar-refractivity contribution in [2.75, 3.05) is 5.73 Å². The lowest BCUT2D eigenvalue weighted by Gasteiger charge is -2.13. The number of aromatic carboxylic acids is 1. The van der Waals surface area contributed by atoms with Crippen molar-refractivity contribution in [2.45, 2.75) is 6.92 Å². The minimum Gasteiger partial charge on any atom is -0.477 e. The third-order valence-corrected chi connectivity index (χ3v) is 4.65. The molecule has 4 heteroatoms. The molecule has 0 radical (unpaired) electrons. The van der Waals surface area contributed by atoms with E-state index in [0.717, 1.165) is 22.3 Å². The zero-order chi connectivity index (χ0) is 15.7. The molecule has 1 aromatic heterocycles. The van der Waals surface area contributed by atoms with Gasteiger partial charge in [-0.1, -0.05) is 42.5 Å². The van der Waals surface area contributed by atoms with Crippen LogP contribution in [-0.2, 0) is 0 Å². The molecule has 3 N–H and O–H groups in total. The lowest BCUT2D eigenvalue weighted by Crippen LogP contribution is -1.99. The number of nitrogen functional groups attached to an aromatic ring is 1. The fourth-order valence-electron chi connectivity index (χ4n) is 2.58. The van der Waals surface area contributed by atoms with Crippen molar-refractivity contribution in [2.24, 2.45) is 0 Å². The van der Waals surface area contributed by atoms with Gasteiger partial charge in [-0.3, -0.25) is 0 Å². The normalized spacial score (nSPS) is 10.6. The van der Waals surface area contributed by atoms with Gasteiger partial charge in [0.1, 0.15) is 4.88 Å². The second-order valence-electron chi connectivity index (χ2n) is 5.03.